The van der Waals surface area contributed by atoms with Gasteiger partial charge in [0.05, 0.1) is 46.9 Å². The van der Waals surface area contributed by atoms with Crippen molar-refractivity contribution in [3.8, 4) is 5.75 Å². The Morgan fingerprint density at radius 3 is 2.61 bits per heavy atom. The van der Waals surface area contributed by atoms with Crippen LogP contribution >= 0.6 is 23.1 Å². The van der Waals surface area contributed by atoms with Gasteiger partial charge in [0.25, 0.3) is 0 Å². The molecule has 7 rings (SSSR count). The first-order chi connectivity index (χ1) is 20.0. The average Bonchev–Trinajstić information content (AvgIpc) is 3.76. The summed E-state index contributed by atoms with van der Waals surface area (Å²) >= 11 is 2.68. The number of methoxy groups -OCH3 is 1. The third-order valence-electron chi connectivity index (χ3n) is 7.95. The molecule has 206 valence electrons. The lowest BCUT2D eigenvalue weighted by molar-refractivity contribution is -0.138. The van der Waals surface area contributed by atoms with E-state index in [-0.39, 0.29) is 28.0 Å². The molecule has 0 saturated heterocycles. The highest BCUT2D eigenvalue weighted by atomic mass is 32.2. The topological polar surface area (TPSA) is 87.9 Å². The monoisotopic (exact) mass is 581 g/mol. The van der Waals surface area contributed by atoms with Gasteiger partial charge in [-0.2, -0.15) is 5.10 Å². The third-order valence-corrected chi connectivity index (χ3v) is 10.3. The molecular formula is C32H27N3O4S2. The second kappa shape index (κ2) is 10.4. The Morgan fingerprint density at radius 1 is 1.05 bits per heavy atom. The molecule has 2 aliphatic rings. The van der Waals surface area contributed by atoms with Crippen molar-refractivity contribution in [3.63, 3.8) is 0 Å². The second-order valence-electron chi connectivity index (χ2n) is 10.3. The van der Waals surface area contributed by atoms with E-state index in [2.05, 4.69) is 35.3 Å². The number of hydrogen-bond acceptors (Lipinski definition) is 7. The molecule has 4 atom stereocenters. The molecule has 4 heterocycles. The van der Waals surface area contributed by atoms with Crippen LogP contribution in [0.4, 0.5) is 0 Å². The van der Waals surface area contributed by atoms with Crippen molar-refractivity contribution in [2.45, 2.75) is 35.6 Å². The summed E-state index contributed by atoms with van der Waals surface area (Å²) in [7, 11) is 1.64. The van der Waals surface area contributed by atoms with Gasteiger partial charge in [0, 0.05) is 11.7 Å². The number of ether oxygens (including phenoxy) is 1. The minimum Gasteiger partial charge on any atom is -0.497 e. The van der Waals surface area contributed by atoms with Crippen molar-refractivity contribution in [3.05, 3.63) is 117 Å². The highest BCUT2D eigenvalue weighted by molar-refractivity contribution is 8.00. The molecule has 0 radical (unpaired) electrons. The van der Waals surface area contributed by atoms with Crippen LogP contribution in [0.25, 0.3) is 10.8 Å². The number of furan rings is 1. The van der Waals surface area contributed by atoms with Gasteiger partial charge < -0.3 is 14.1 Å². The van der Waals surface area contributed by atoms with Gasteiger partial charge >= 0.3 is 4.87 Å². The summed E-state index contributed by atoms with van der Waals surface area (Å²) in [5, 5.41) is 9.63. The van der Waals surface area contributed by atoms with Crippen molar-refractivity contribution < 1.29 is 13.9 Å². The molecule has 2 aromatic heterocycles. The van der Waals surface area contributed by atoms with E-state index in [1.165, 1.54) is 11.8 Å². The van der Waals surface area contributed by atoms with Gasteiger partial charge in [0.1, 0.15) is 11.5 Å². The molecular weight excluding hydrogens is 555 g/mol. The molecule has 0 bridgehead atoms. The number of rotatable bonds is 5. The van der Waals surface area contributed by atoms with E-state index in [0.29, 0.717) is 12.2 Å². The Balaban J connectivity index is 1.33. The lowest BCUT2D eigenvalue weighted by Gasteiger charge is -2.36. The predicted molar refractivity (Wildman–Crippen MR) is 162 cm³/mol. The number of nitrogens with one attached hydrogen (secondary N) is 1. The Morgan fingerprint density at radius 2 is 1.85 bits per heavy atom. The van der Waals surface area contributed by atoms with Crippen LogP contribution in [-0.2, 0) is 4.79 Å². The lowest BCUT2D eigenvalue weighted by atomic mass is 9.84. The number of carbonyl (C=O) groups excluding carboxylic acids is 1. The summed E-state index contributed by atoms with van der Waals surface area (Å²) in [6.45, 7) is 2.04. The number of aromatic amines is 1. The van der Waals surface area contributed by atoms with Crippen molar-refractivity contribution in [1.82, 2.24) is 9.99 Å². The number of benzene rings is 3. The number of hydrogen-bond donors (Lipinski definition) is 1. The maximum absolute atomic E-state index is 14.7. The number of H-pyrrole nitrogens is 1. The molecule has 0 aliphatic carbocycles. The number of nitrogens with zero attached hydrogens (tertiary/aromatic N) is 2. The summed E-state index contributed by atoms with van der Waals surface area (Å²) in [6, 6.07) is 25.8. The largest absolute Gasteiger partial charge is 0.497 e. The summed E-state index contributed by atoms with van der Waals surface area (Å²) in [5.74, 6) is 0.492. The molecule has 1 amide bonds. The molecule has 5 aromatic rings. The molecule has 9 heteroatoms. The fourth-order valence-corrected chi connectivity index (χ4v) is 8.34. The Labute approximate surface area is 244 Å². The van der Waals surface area contributed by atoms with E-state index in [9.17, 15) is 9.59 Å². The van der Waals surface area contributed by atoms with E-state index in [0.717, 1.165) is 54.6 Å². The SMILES string of the molecule is COc1ccc(C2=NN(C(=O)[C@H]3[C@@H](c4ccco4)c4sc(=O)[nH]c4S[C@@H]3C)C(c3ccc4ccccc4c3)C2)cc1. The third kappa shape index (κ3) is 4.59. The maximum Gasteiger partial charge on any atom is 0.305 e. The predicted octanol–water partition coefficient (Wildman–Crippen LogP) is 6.81. The smallest absolute Gasteiger partial charge is 0.305 e. The summed E-state index contributed by atoms with van der Waals surface area (Å²) in [5.41, 5.74) is 2.82. The van der Waals surface area contributed by atoms with Crippen molar-refractivity contribution in [2.24, 2.45) is 11.0 Å². The molecule has 1 unspecified atom stereocenters. The first kappa shape index (κ1) is 25.9. The first-order valence-corrected chi connectivity index (χ1v) is 15.2. The molecule has 0 saturated carbocycles. The van der Waals surface area contributed by atoms with Crippen LogP contribution in [0, 0.1) is 5.92 Å². The van der Waals surface area contributed by atoms with Gasteiger partial charge in [-0.25, -0.2) is 5.01 Å². The quantitative estimate of drug-likeness (QED) is 0.246. The zero-order chi connectivity index (χ0) is 28.1. The summed E-state index contributed by atoms with van der Waals surface area (Å²) < 4.78 is 11.2. The number of aromatic nitrogens is 1. The molecule has 1 N–H and O–H groups in total. The van der Waals surface area contributed by atoms with Gasteiger partial charge in [-0.05, 0) is 64.4 Å². The first-order valence-electron chi connectivity index (χ1n) is 13.5. The molecule has 41 heavy (non-hydrogen) atoms. The van der Waals surface area contributed by atoms with Crippen molar-refractivity contribution >= 4 is 45.5 Å². The standard InChI is InChI=1S/C32H27N3O4S2/c1-18-27(28(26-8-5-15-39-26)29-30(40-18)33-32(37)41-29)31(36)35-25(22-10-9-19-6-3-4-7-21(19)16-22)17-24(34-35)20-11-13-23(38-2)14-12-20/h3-16,18,25,27-28H,17H2,1-2H3,(H,33,37)/t18-,25?,27-,28-/m1/s1. The van der Waals surface area contributed by atoms with Crippen LogP contribution in [0.5, 0.6) is 5.75 Å². The van der Waals surface area contributed by atoms with Crippen LogP contribution in [0.2, 0.25) is 0 Å². The zero-order valence-electron chi connectivity index (χ0n) is 22.4. The van der Waals surface area contributed by atoms with Crippen LogP contribution in [-0.4, -0.2) is 34.0 Å². The number of fused-ring (bicyclic) bond motifs is 2. The fourth-order valence-electron chi connectivity index (χ4n) is 5.93. The minimum absolute atomic E-state index is 0.0837. The Kier molecular flexibility index (Phi) is 6.55. The zero-order valence-corrected chi connectivity index (χ0v) is 24.1. The van der Waals surface area contributed by atoms with Crippen LogP contribution in [0.3, 0.4) is 0 Å². The van der Waals surface area contributed by atoms with Crippen LogP contribution in [0.15, 0.2) is 104 Å². The van der Waals surface area contributed by atoms with E-state index >= 15 is 0 Å². The van der Waals surface area contributed by atoms with Gasteiger partial charge in [0.2, 0.25) is 5.91 Å². The van der Waals surface area contributed by atoms with Crippen molar-refractivity contribution in [1.29, 1.82) is 0 Å². The molecule has 3 aromatic carbocycles. The van der Waals surface area contributed by atoms with Gasteiger partial charge in [0.15, 0.2) is 0 Å². The van der Waals surface area contributed by atoms with Gasteiger partial charge in [-0.1, -0.05) is 54.7 Å². The van der Waals surface area contributed by atoms with Crippen LogP contribution < -0.4 is 9.61 Å². The van der Waals surface area contributed by atoms with E-state index in [4.69, 9.17) is 14.3 Å². The normalized spacial score (nSPS) is 22.0. The Hall–Kier alpha value is -4.08. The Bertz CT molecular complexity index is 1820. The van der Waals surface area contributed by atoms with Gasteiger partial charge in [-0.3, -0.25) is 9.59 Å². The molecule has 0 spiro atoms. The van der Waals surface area contributed by atoms with Crippen molar-refractivity contribution in [2.75, 3.05) is 7.11 Å². The van der Waals surface area contributed by atoms with E-state index in [1.807, 2.05) is 55.5 Å². The number of hydrazone groups is 1. The van der Waals surface area contributed by atoms with Gasteiger partial charge in [-0.15, -0.1) is 11.8 Å². The summed E-state index contributed by atoms with van der Waals surface area (Å²) in [6.07, 6.45) is 2.20. The number of amides is 1. The fraction of sp³-hybridized carbons (Fsp3) is 0.219. The summed E-state index contributed by atoms with van der Waals surface area (Å²) in [4.78, 5) is 30.8. The second-order valence-corrected chi connectivity index (χ2v) is 12.7. The molecule has 7 nitrogen and oxygen atoms in total. The number of thiazole rings is 1. The average molecular weight is 582 g/mol. The number of carbonyl (C=O) groups is 1. The maximum atomic E-state index is 14.7. The highest BCUT2D eigenvalue weighted by Gasteiger charge is 2.48. The minimum atomic E-state index is -0.480. The van der Waals surface area contributed by atoms with E-state index < -0.39 is 5.92 Å². The number of thioether (sulfide) groups is 1. The van der Waals surface area contributed by atoms with Crippen LogP contribution in [0.1, 0.15) is 47.1 Å². The lowest BCUT2D eigenvalue weighted by Crippen LogP contribution is -2.41. The molecule has 2 aliphatic heterocycles. The highest BCUT2D eigenvalue weighted by Crippen LogP contribution is 2.50. The molecule has 0 fully saturated rings. The van der Waals surface area contributed by atoms with E-state index in [1.54, 1.807) is 18.4 Å².